The number of rotatable bonds is 8. The average molecular weight is 833 g/mol. The number of ketones is 5. The number of allylic oxidation sites excluding steroid dienone is 18. The van der Waals surface area contributed by atoms with Crippen LogP contribution in [0.5, 0.6) is 0 Å². The fraction of sp³-hybridized carbons (Fsp3) is 0.0702. The van der Waals surface area contributed by atoms with Gasteiger partial charge in [-0.2, -0.15) is 0 Å². The van der Waals surface area contributed by atoms with Gasteiger partial charge in [-0.25, -0.2) is 0 Å². The van der Waals surface area contributed by atoms with E-state index in [1.54, 1.807) is 36.6 Å². The average Bonchev–Trinajstić information content (AvgIpc) is 3.78. The lowest BCUT2D eigenvalue weighted by atomic mass is 9.74. The highest BCUT2D eigenvalue weighted by atomic mass is 16.1. The number of fused-ring (bicyclic) bond motifs is 2. The van der Waals surface area contributed by atoms with Gasteiger partial charge in [-0.05, 0) is 92.5 Å². The number of hydrogen-bond acceptors (Lipinski definition) is 7. The van der Waals surface area contributed by atoms with Gasteiger partial charge in [-0.3, -0.25) is 24.0 Å². The Morgan fingerprint density at radius 2 is 0.828 bits per heavy atom. The molecular weight excluding hydrogens is 793 g/mol. The van der Waals surface area contributed by atoms with Crippen molar-refractivity contribution in [2.75, 3.05) is 0 Å². The van der Waals surface area contributed by atoms with E-state index in [2.05, 4.69) is 0 Å². The second kappa shape index (κ2) is 16.2. The number of carbonyl (C=O) groups is 5. The molecule has 0 saturated heterocycles. The van der Waals surface area contributed by atoms with Crippen LogP contribution in [0.1, 0.15) is 36.1 Å². The largest absolute Gasteiger partial charge is 0.312 e. The van der Waals surface area contributed by atoms with E-state index < -0.39 is 5.92 Å². The Labute approximate surface area is 371 Å². The number of carbonyl (C=O) groups excluding carboxylic acids is 5. The standard InChI is InChI=1S/C57H40N2O5/c1-35(2)50(46-33-58-48(31-44(46)36-23-27-42(60)28-24-36)56(63)51(38-15-7-3-8-16-38)53(58)40-19-11-5-12-20-40)55(62)47-34-59-49(32-45(47)37-25-29-43(61)30-26-37)57(64)52(39-17-9-4-10-18-39)54(59)41-21-13-6-14-22-41/h3-35,50H,1-2H3. The topological polar surface area (TPSA) is 91.8 Å². The molecule has 64 heavy (non-hydrogen) atoms. The Bertz CT molecular complexity index is 3090. The van der Waals surface area contributed by atoms with Gasteiger partial charge in [0.2, 0.25) is 11.6 Å². The molecule has 0 fully saturated rings. The summed E-state index contributed by atoms with van der Waals surface area (Å²) in [5, 5.41) is 0. The van der Waals surface area contributed by atoms with Crippen LogP contribution >= 0.6 is 0 Å². The van der Waals surface area contributed by atoms with Crippen molar-refractivity contribution >= 4 is 51.5 Å². The van der Waals surface area contributed by atoms with Gasteiger partial charge in [0.25, 0.3) is 0 Å². The van der Waals surface area contributed by atoms with Gasteiger partial charge in [0.05, 0.1) is 39.9 Å². The van der Waals surface area contributed by atoms with E-state index in [1.807, 2.05) is 157 Å². The zero-order chi connectivity index (χ0) is 44.1. The minimum Gasteiger partial charge on any atom is -0.312 e. The molecule has 0 amide bonds. The highest BCUT2D eigenvalue weighted by Gasteiger charge is 2.44. The van der Waals surface area contributed by atoms with Gasteiger partial charge in [0, 0.05) is 18.0 Å². The molecule has 0 saturated carbocycles. The minimum atomic E-state index is -0.807. The molecular formula is C57H40N2O5. The molecule has 7 heteroatoms. The lowest BCUT2D eigenvalue weighted by molar-refractivity contribution is -0.119. The molecule has 7 nitrogen and oxygen atoms in total. The number of hydrogen-bond donors (Lipinski definition) is 0. The predicted octanol–water partition coefficient (Wildman–Crippen LogP) is 10.3. The second-order valence-electron chi connectivity index (χ2n) is 16.5. The molecule has 0 N–H and O–H groups in total. The number of benzene rings is 4. The van der Waals surface area contributed by atoms with E-state index in [-0.39, 0.29) is 34.8 Å². The minimum absolute atomic E-state index is 0.163. The molecule has 0 radical (unpaired) electrons. The van der Waals surface area contributed by atoms with Crippen molar-refractivity contribution in [3.05, 3.63) is 262 Å². The summed E-state index contributed by atoms with van der Waals surface area (Å²) >= 11 is 0. The molecule has 10 rings (SSSR count). The predicted molar refractivity (Wildman–Crippen MR) is 249 cm³/mol. The molecule has 2 aliphatic carbocycles. The Hall–Kier alpha value is -8.29. The van der Waals surface area contributed by atoms with Crippen LogP contribution in [0, 0.1) is 11.8 Å². The molecule has 6 aliphatic rings. The van der Waals surface area contributed by atoms with Crippen molar-refractivity contribution in [2.45, 2.75) is 13.8 Å². The van der Waals surface area contributed by atoms with E-state index in [1.165, 1.54) is 24.3 Å². The van der Waals surface area contributed by atoms with E-state index in [4.69, 9.17) is 0 Å². The van der Waals surface area contributed by atoms with Crippen molar-refractivity contribution < 1.29 is 24.0 Å². The third-order valence-electron chi connectivity index (χ3n) is 12.2. The molecule has 0 spiro atoms. The van der Waals surface area contributed by atoms with Crippen molar-refractivity contribution in [3.8, 4) is 0 Å². The molecule has 1 atom stereocenters. The van der Waals surface area contributed by atoms with Crippen LogP contribution in [0.25, 0.3) is 22.5 Å². The molecule has 308 valence electrons. The first kappa shape index (κ1) is 39.8. The Morgan fingerprint density at radius 3 is 1.25 bits per heavy atom. The maximum atomic E-state index is 16.0. The van der Waals surface area contributed by atoms with Gasteiger partial charge < -0.3 is 9.80 Å². The first-order valence-corrected chi connectivity index (χ1v) is 21.3. The van der Waals surface area contributed by atoms with Gasteiger partial charge >= 0.3 is 0 Å². The van der Waals surface area contributed by atoms with Gasteiger partial charge in [-0.15, -0.1) is 0 Å². The van der Waals surface area contributed by atoms with Crippen LogP contribution in [-0.4, -0.2) is 38.7 Å². The number of nitrogens with zero attached hydrogens (tertiary/aromatic N) is 2. The van der Waals surface area contributed by atoms with Crippen molar-refractivity contribution in [1.82, 2.24) is 9.80 Å². The summed E-state index contributed by atoms with van der Waals surface area (Å²) in [7, 11) is 0. The Morgan fingerprint density at radius 1 is 0.453 bits per heavy atom. The number of Topliss-reactive ketones (excluding diaryl/α,β-unsaturated/α-hetero) is 3. The van der Waals surface area contributed by atoms with Gasteiger partial charge in [0.1, 0.15) is 0 Å². The van der Waals surface area contributed by atoms with Crippen molar-refractivity contribution in [2.24, 2.45) is 11.8 Å². The molecule has 4 aromatic rings. The third-order valence-corrected chi connectivity index (χ3v) is 12.2. The van der Waals surface area contributed by atoms with Crippen molar-refractivity contribution in [3.63, 3.8) is 0 Å². The second-order valence-corrected chi connectivity index (χ2v) is 16.5. The van der Waals surface area contributed by atoms with Gasteiger partial charge in [0.15, 0.2) is 17.3 Å². The van der Waals surface area contributed by atoms with Crippen LogP contribution in [-0.2, 0) is 24.0 Å². The van der Waals surface area contributed by atoms with E-state index in [0.29, 0.717) is 67.4 Å². The monoisotopic (exact) mass is 832 g/mol. The summed E-state index contributed by atoms with van der Waals surface area (Å²) in [6.45, 7) is 4.00. The fourth-order valence-electron chi connectivity index (χ4n) is 9.23. The van der Waals surface area contributed by atoms with Crippen LogP contribution < -0.4 is 0 Å². The van der Waals surface area contributed by atoms with Crippen LogP contribution in [0.2, 0.25) is 0 Å². The summed E-state index contributed by atoms with van der Waals surface area (Å²) < 4.78 is 0. The van der Waals surface area contributed by atoms with Crippen LogP contribution in [0.15, 0.2) is 239 Å². The van der Waals surface area contributed by atoms with E-state index in [0.717, 1.165) is 22.3 Å². The molecule has 4 heterocycles. The summed E-state index contributed by atoms with van der Waals surface area (Å²) in [5.74, 6) is -2.02. The maximum absolute atomic E-state index is 16.0. The first-order chi connectivity index (χ1) is 31.2. The smallest absolute Gasteiger partial charge is 0.212 e. The Kier molecular flexibility index (Phi) is 10.1. The molecule has 0 aromatic heterocycles. The SMILES string of the molecule is CC(C)C(C(=O)C1=CN2C(=CC1=C1C=CC(=O)C=C1)C(=O)C(c1ccccc1)=C2c1ccccc1)C1=CN2C(=CC1=C1C=CC(=O)C=C1)C(=O)C(c1ccccc1)=C2c1ccccc1. The third kappa shape index (κ3) is 6.84. The van der Waals surface area contributed by atoms with Crippen LogP contribution in [0.4, 0.5) is 0 Å². The Balaban J connectivity index is 1.20. The quantitative estimate of drug-likeness (QED) is 0.175. The van der Waals surface area contributed by atoms with Gasteiger partial charge in [-0.1, -0.05) is 159 Å². The zero-order valence-corrected chi connectivity index (χ0v) is 35.1. The summed E-state index contributed by atoms with van der Waals surface area (Å²) in [5.41, 5.74) is 9.80. The molecule has 4 aliphatic heterocycles. The van der Waals surface area contributed by atoms with E-state index >= 15 is 4.79 Å². The molecule has 1 unspecified atom stereocenters. The summed E-state index contributed by atoms with van der Waals surface area (Å²) in [6.07, 6.45) is 20.1. The highest BCUT2D eigenvalue weighted by molar-refractivity contribution is 6.39. The first-order valence-electron chi connectivity index (χ1n) is 21.3. The van der Waals surface area contributed by atoms with Crippen molar-refractivity contribution in [1.29, 1.82) is 0 Å². The lowest BCUT2D eigenvalue weighted by Gasteiger charge is -2.34. The van der Waals surface area contributed by atoms with E-state index in [9.17, 15) is 19.2 Å². The van der Waals surface area contributed by atoms with Crippen LogP contribution in [0.3, 0.4) is 0 Å². The fourth-order valence-corrected chi connectivity index (χ4v) is 9.23. The molecule has 4 aromatic carbocycles. The normalized spacial score (nSPS) is 18.5. The summed E-state index contributed by atoms with van der Waals surface area (Å²) in [4.78, 5) is 74.3. The zero-order valence-electron chi connectivity index (χ0n) is 35.1. The lowest BCUT2D eigenvalue weighted by Crippen LogP contribution is -2.31. The maximum Gasteiger partial charge on any atom is 0.212 e. The molecule has 0 bridgehead atoms. The highest BCUT2D eigenvalue weighted by Crippen LogP contribution is 2.49. The summed E-state index contributed by atoms with van der Waals surface area (Å²) in [6, 6.07) is 38.6.